The molecule has 0 radical (unpaired) electrons. The van der Waals surface area contributed by atoms with Crippen molar-refractivity contribution in [3.05, 3.63) is 34.9 Å². The molecule has 0 aliphatic rings. The average molecular weight is 238 g/mol. The lowest BCUT2D eigenvalue weighted by atomic mass is 10.2. The van der Waals surface area contributed by atoms with Crippen LogP contribution in [-0.4, -0.2) is 28.9 Å². The van der Waals surface area contributed by atoms with Crippen molar-refractivity contribution >= 4 is 10.9 Å². The van der Waals surface area contributed by atoms with Crippen molar-refractivity contribution in [3.8, 4) is 5.75 Å². The van der Waals surface area contributed by atoms with Gasteiger partial charge in [-0.15, -0.1) is 0 Å². The summed E-state index contributed by atoms with van der Waals surface area (Å²) >= 11 is 0. The number of nitrogens with zero attached hydrogens (tertiary/aromatic N) is 2. The summed E-state index contributed by atoms with van der Waals surface area (Å²) in [6.07, 6.45) is 1.49. The van der Waals surface area contributed by atoms with Crippen LogP contribution in [0, 0.1) is 0 Å². The Kier molecular flexibility index (Phi) is 4.62. The summed E-state index contributed by atoms with van der Waals surface area (Å²) in [6, 6.07) is 5.01. The highest BCUT2D eigenvalue weighted by Crippen LogP contribution is 2.16. The Morgan fingerprint density at radius 3 is 2.71 bits per heavy atom. The lowest BCUT2D eigenvalue weighted by Crippen LogP contribution is -2.16. The second-order valence-corrected chi connectivity index (χ2v) is 3.09. The summed E-state index contributed by atoms with van der Waals surface area (Å²) in [5, 5.41) is 7.51. The second kappa shape index (κ2) is 5.97. The molecule has 92 valence electrons. The van der Waals surface area contributed by atoms with E-state index < -0.39 is 0 Å². The highest BCUT2D eigenvalue weighted by molar-refractivity contribution is 5.78. The van der Waals surface area contributed by atoms with Gasteiger partial charge in [-0.1, -0.05) is 0 Å². The Morgan fingerprint density at radius 1 is 1.35 bits per heavy atom. The molecule has 1 heterocycles. The molecule has 1 aromatic carbocycles. The number of aromatic nitrogens is 2. The summed E-state index contributed by atoms with van der Waals surface area (Å²) in [5.41, 5.74) is 0.531. The number of hydrogen-bond acceptors (Lipinski definition) is 5. The third-order valence-electron chi connectivity index (χ3n) is 2.07. The number of benzene rings is 1. The van der Waals surface area contributed by atoms with Gasteiger partial charge in [0.15, 0.2) is 5.75 Å². The summed E-state index contributed by atoms with van der Waals surface area (Å²) < 4.78 is 1.42. The first-order valence-electron chi connectivity index (χ1n) is 4.83. The second-order valence-electron chi connectivity index (χ2n) is 3.09. The number of rotatable bonds is 2. The molecule has 0 bridgehead atoms. The summed E-state index contributed by atoms with van der Waals surface area (Å²) in [4.78, 5) is 25.2. The molecule has 17 heavy (non-hydrogen) atoms. The smallest absolute Gasteiger partial charge is 0.261 e. The molecule has 0 saturated carbocycles. The van der Waals surface area contributed by atoms with Crippen LogP contribution in [0.1, 0.15) is 0 Å². The fourth-order valence-corrected chi connectivity index (χ4v) is 1.34. The third-order valence-corrected chi connectivity index (χ3v) is 2.07. The zero-order chi connectivity index (χ0) is 12.8. The van der Waals surface area contributed by atoms with Crippen LogP contribution in [0.15, 0.2) is 29.3 Å². The van der Waals surface area contributed by atoms with Crippen molar-refractivity contribution in [1.82, 2.24) is 9.55 Å². The van der Waals surface area contributed by atoms with E-state index in [0.717, 1.165) is 7.11 Å². The molecule has 6 heteroatoms. The molecule has 0 saturated heterocycles. The average Bonchev–Trinajstić information content (AvgIpc) is 2.37. The van der Waals surface area contributed by atoms with Gasteiger partial charge >= 0.3 is 0 Å². The summed E-state index contributed by atoms with van der Waals surface area (Å²) in [5.74, 6) is 0.482. The molecule has 0 aliphatic carbocycles. The van der Waals surface area contributed by atoms with E-state index >= 15 is 0 Å². The Morgan fingerprint density at radius 2 is 2.06 bits per heavy atom. The van der Waals surface area contributed by atoms with E-state index in [-0.39, 0.29) is 5.56 Å². The SMILES string of the molecule is CO.COOc1ccc2ncn(C)c(=O)c2c1. The summed E-state index contributed by atoms with van der Waals surface area (Å²) in [7, 11) is 4.06. The van der Waals surface area contributed by atoms with Gasteiger partial charge in [-0.2, -0.15) is 4.89 Å². The van der Waals surface area contributed by atoms with E-state index in [0.29, 0.717) is 16.7 Å². The minimum absolute atomic E-state index is 0.110. The molecule has 6 nitrogen and oxygen atoms in total. The molecule has 1 aromatic heterocycles. The molecule has 2 aromatic rings. The van der Waals surface area contributed by atoms with E-state index in [1.165, 1.54) is 18.0 Å². The molecule has 0 atom stereocenters. The first-order chi connectivity index (χ1) is 8.22. The molecular weight excluding hydrogens is 224 g/mol. The molecular formula is C11H14N2O4. The van der Waals surface area contributed by atoms with Gasteiger partial charge in [-0.3, -0.25) is 4.79 Å². The number of aliphatic hydroxyl groups is 1. The minimum Gasteiger partial charge on any atom is -0.400 e. The fraction of sp³-hybridized carbons (Fsp3) is 0.273. The quantitative estimate of drug-likeness (QED) is 0.608. The standard InChI is InChI=1S/C10H10N2O3.CH4O/c1-12-6-11-9-4-3-7(15-14-2)5-8(9)10(12)13;1-2/h3-6H,1-2H3;2H,1H3. The van der Waals surface area contributed by atoms with Crippen molar-refractivity contribution in [2.45, 2.75) is 0 Å². The molecule has 0 unspecified atom stereocenters. The van der Waals surface area contributed by atoms with Crippen LogP contribution >= 0.6 is 0 Å². The summed E-state index contributed by atoms with van der Waals surface area (Å²) in [6.45, 7) is 0. The Labute approximate surface area is 98.0 Å². The van der Waals surface area contributed by atoms with E-state index in [2.05, 4.69) is 9.87 Å². The monoisotopic (exact) mass is 238 g/mol. The van der Waals surface area contributed by atoms with Crippen molar-refractivity contribution in [2.75, 3.05) is 14.2 Å². The van der Waals surface area contributed by atoms with Crippen molar-refractivity contribution in [1.29, 1.82) is 0 Å². The number of aryl methyl sites for hydroxylation is 1. The predicted octanol–water partition coefficient (Wildman–Crippen LogP) is 0.482. The van der Waals surface area contributed by atoms with Crippen LogP contribution in [0.5, 0.6) is 5.75 Å². The predicted molar refractivity (Wildman–Crippen MR) is 62.8 cm³/mol. The Balaban J connectivity index is 0.000000686. The molecule has 0 amide bonds. The number of fused-ring (bicyclic) bond motifs is 1. The Bertz CT molecular complexity index is 551. The van der Waals surface area contributed by atoms with Crippen molar-refractivity contribution in [3.63, 3.8) is 0 Å². The number of hydrogen-bond donors (Lipinski definition) is 1. The van der Waals surface area contributed by atoms with Crippen LogP contribution < -0.4 is 10.4 Å². The molecule has 0 fully saturated rings. The van der Waals surface area contributed by atoms with E-state index in [1.54, 1.807) is 25.2 Å². The van der Waals surface area contributed by atoms with Gasteiger partial charge in [0, 0.05) is 14.2 Å². The van der Waals surface area contributed by atoms with Crippen LogP contribution in [0.2, 0.25) is 0 Å². The highest BCUT2D eigenvalue weighted by Gasteiger charge is 2.03. The first-order valence-corrected chi connectivity index (χ1v) is 4.83. The maximum Gasteiger partial charge on any atom is 0.261 e. The topological polar surface area (TPSA) is 73.6 Å². The van der Waals surface area contributed by atoms with Gasteiger partial charge in [-0.05, 0) is 18.2 Å². The van der Waals surface area contributed by atoms with Crippen LogP contribution in [-0.2, 0) is 11.9 Å². The van der Waals surface area contributed by atoms with Crippen molar-refractivity contribution in [2.24, 2.45) is 7.05 Å². The zero-order valence-corrected chi connectivity index (χ0v) is 9.88. The van der Waals surface area contributed by atoms with Gasteiger partial charge in [-0.25, -0.2) is 4.98 Å². The van der Waals surface area contributed by atoms with Crippen LogP contribution in [0.25, 0.3) is 10.9 Å². The molecule has 1 N–H and O–H groups in total. The molecule has 0 aliphatic heterocycles. The van der Waals surface area contributed by atoms with Gasteiger partial charge in [0.25, 0.3) is 5.56 Å². The number of aliphatic hydroxyl groups excluding tert-OH is 1. The lowest BCUT2D eigenvalue weighted by Gasteiger charge is -2.03. The highest BCUT2D eigenvalue weighted by atomic mass is 17.2. The maximum absolute atomic E-state index is 11.7. The molecule has 2 rings (SSSR count). The van der Waals surface area contributed by atoms with Crippen LogP contribution in [0.3, 0.4) is 0 Å². The van der Waals surface area contributed by atoms with Gasteiger partial charge < -0.3 is 14.6 Å². The zero-order valence-electron chi connectivity index (χ0n) is 9.88. The molecule has 0 spiro atoms. The lowest BCUT2D eigenvalue weighted by molar-refractivity contribution is -0.178. The van der Waals surface area contributed by atoms with E-state index in [9.17, 15) is 4.79 Å². The van der Waals surface area contributed by atoms with Crippen LogP contribution in [0.4, 0.5) is 0 Å². The van der Waals surface area contributed by atoms with E-state index in [4.69, 9.17) is 9.99 Å². The van der Waals surface area contributed by atoms with E-state index in [1.807, 2.05) is 0 Å². The minimum atomic E-state index is -0.110. The Hall–Kier alpha value is -1.92. The van der Waals surface area contributed by atoms with Crippen molar-refractivity contribution < 1.29 is 14.9 Å². The van der Waals surface area contributed by atoms with Gasteiger partial charge in [0.05, 0.1) is 24.3 Å². The fourth-order valence-electron chi connectivity index (χ4n) is 1.34. The van der Waals surface area contributed by atoms with Gasteiger partial charge in [0.1, 0.15) is 0 Å². The normalized spacial score (nSPS) is 9.65. The largest absolute Gasteiger partial charge is 0.400 e. The first kappa shape index (κ1) is 13.1. The third kappa shape index (κ3) is 2.80. The maximum atomic E-state index is 11.7. The van der Waals surface area contributed by atoms with Gasteiger partial charge in [0.2, 0.25) is 0 Å².